The minimum absolute atomic E-state index is 0. The summed E-state index contributed by atoms with van der Waals surface area (Å²) in [5, 5.41) is 33.1. The third kappa shape index (κ3) is 18.7. The van der Waals surface area contributed by atoms with E-state index >= 15 is 0 Å². The van der Waals surface area contributed by atoms with Crippen molar-refractivity contribution in [2.45, 2.75) is 12.2 Å². The fraction of sp³-hybridized carbons (Fsp3) is 0.333. The molecule has 2 unspecified atom stereocenters. The Bertz CT molecular complexity index is 325. The fourth-order valence-electron chi connectivity index (χ4n) is 0.701. The molecule has 0 saturated heterocycles. The van der Waals surface area contributed by atoms with Crippen LogP contribution >= 0.6 is 0 Å². The van der Waals surface area contributed by atoms with E-state index in [-0.39, 0.29) is 108 Å². The second-order valence-electron chi connectivity index (χ2n) is 2.29. The molecular formula is C6H8Li2Mn2Ni2O10. The van der Waals surface area contributed by atoms with Crippen molar-refractivity contribution >= 4 is 24.2 Å². The average molecular weight is 481 g/mol. The maximum atomic E-state index is 10.4. The molecule has 22 heavy (non-hydrogen) atoms. The van der Waals surface area contributed by atoms with Crippen LogP contribution in [-0.2, 0) is 86.2 Å². The third-order valence-corrected chi connectivity index (χ3v) is 1.22. The van der Waals surface area contributed by atoms with E-state index in [1.54, 1.807) is 0 Å². The minimum Gasteiger partial charge on any atom is -1.00 e. The number of ether oxygens (including phenoxy) is 2. The van der Waals surface area contributed by atoms with Crippen molar-refractivity contribution in [2.75, 3.05) is 0 Å². The first-order valence-electron chi connectivity index (χ1n) is 3.50. The van der Waals surface area contributed by atoms with Crippen molar-refractivity contribution in [3.63, 3.8) is 0 Å². The molecule has 0 bridgehead atoms. The Morgan fingerprint density at radius 1 is 0.682 bits per heavy atom. The number of aliphatic carboxylic acids is 2. The Balaban J connectivity index is -0.0000000402. The minimum atomic E-state index is -2.48. The first-order chi connectivity index (χ1) is 7.25. The van der Waals surface area contributed by atoms with Crippen molar-refractivity contribution in [2.24, 2.45) is 0 Å². The molecule has 0 aliphatic rings. The molecule has 0 saturated carbocycles. The van der Waals surface area contributed by atoms with Crippen LogP contribution in [0.2, 0.25) is 0 Å². The van der Waals surface area contributed by atoms with E-state index in [0.717, 1.165) is 0 Å². The van der Waals surface area contributed by atoms with Crippen LogP contribution in [0, 0.1) is 0 Å². The van der Waals surface area contributed by atoms with Gasteiger partial charge in [0.25, 0.3) is 0 Å². The SMILES string of the molecule is O=C(O)OC(C(=O)O)C(OC(=O)O)C(=O)O.[H-].[H-].[Li+].[Li+].[Mn].[Mn].[Ni].[Ni]. The number of rotatable bonds is 5. The summed E-state index contributed by atoms with van der Waals surface area (Å²) < 4.78 is 7.37. The number of carboxylic acids is 2. The molecule has 2 radical (unpaired) electrons. The van der Waals surface area contributed by atoms with Crippen LogP contribution in [0.25, 0.3) is 0 Å². The van der Waals surface area contributed by atoms with E-state index in [0.29, 0.717) is 0 Å². The van der Waals surface area contributed by atoms with Crippen molar-refractivity contribution < 1.29 is 157 Å². The van der Waals surface area contributed by atoms with Crippen molar-refractivity contribution in [1.82, 2.24) is 0 Å². The van der Waals surface area contributed by atoms with Crippen LogP contribution in [0.1, 0.15) is 2.85 Å². The quantitative estimate of drug-likeness (QED) is 0.219. The molecule has 0 fully saturated rings. The maximum Gasteiger partial charge on any atom is 1.00 e. The zero-order chi connectivity index (χ0) is 12.9. The van der Waals surface area contributed by atoms with Gasteiger partial charge in [-0.3, -0.25) is 0 Å². The van der Waals surface area contributed by atoms with Crippen molar-refractivity contribution in [3.05, 3.63) is 0 Å². The molecule has 0 aromatic carbocycles. The molecule has 0 aliphatic heterocycles. The summed E-state index contributed by atoms with van der Waals surface area (Å²) in [5.74, 6) is -3.98. The zero-order valence-corrected chi connectivity index (χ0v) is 15.1. The van der Waals surface area contributed by atoms with Gasteiger partial charge in [-0.2, -0.15) is 0 Å². The predicted molar refractivity (Wildman–Crippen MR) is 43.3 cm³/mol. The molecule has 0 aromatic heterocycles. The summed E-state index contributed by atoms with van der Waals surface area (Å²) in [5.41, 5.74) is 0. The Morgan fingerprint density at radius 3 is 0.955 bits per heavy atom. The molecule has 0 amide bonds. The number of carbonyl (C=O) groups is 4. The predicted octanol–water partition coefficient (Wildman–Crippen LogP) is -6.50. The first kappa shape index (κ1) is 43.4. The van der Waals surface area contributed by atoms with Gasteiger partial charge < -0.3 is 32.8 Å². The Hall–Kier alpha value is 0.701. The van der Waals surface area contributed by atoms with Gasteiger partial charge in [0.2, 0.25) is 12.2 Å². The van der Waals surface area contributed by atoms with Gasteiger partial charge in [0.15, 0.2) is 0 Å². The van der Waals surface area contributed by atoms with E-state index in [4.69, 9.17) is 20.4 Å². The van der Waals surface area contributed by atoms with Gasteiger partial charge in [0, 0.05) is 67.1 Å². The monoisotopic (exact) mass is 480 g/mol. The molecule has 0 aliphatic carbocycles. The number of hydrogen-bond acceptors (Lipinski definition) is 6. The average Bonchev–Trinajstić information content (AvgIpc) is 2.09. The Kier molecular flexibility index (Phi) is 42.8. The molecule has 128 valence electrons. The van der Waals surface area contributed by atoms with Gasteiger partial charge in [-0.05, 0) is 0 Å². The van der Waals surface area contributed by atoms with Gasteiger partial charge in [0.05, 0.1) is 0 Å². The molecule has 4 N–H and O–H groups in total. The summed E-state index contributed by atoms with van der Waals surface area (Å²) in [4.78, 5) is 41.0. The van der Waals surface area contributed by atoms with Crippen molar-refractivity contribution in [3.8, 4) is 0 Å². The van der Waals surface area contributed by atoms with Crippen LogP contribution in [-0.4, -0.2) is 56.9 Å². The van der Waals surface area contributed by atoms with Gasteiger partial charge in [0.1, 0.15) is 0 Å². The molecular weight excluding hydrogens is 473 g/mol. The van der Waals surface area contributed by atoms with Crippen LogP contribution in [0.5, 0.6) is 0 Å². The molecule has 16 heteroatoms. The van der Waals surface area contributed by atoms with Crippen LogP contribution in [0.15, 0.2) is 0 Å². The Morgan fingerprint density at radius 2 is 0.864 bits per heavy atom. The third-order valence-electron chi connectivity index (χ3n) is 1.22. The van der Waals surface area contributed by atoms with Gasteiger partial charge in [-0.1, -0.05) is 0 Å². The fourth-order valence-corrected chi connectivity index (χ4v) is 0.701. The summed E-state index contributed by atoms with van der Waals surface area (Å²) in [6.45, 7) is 0. The summed E-state index contributed by atoms with van der Waals surface area (Å²) >= 11 is 0. The van der Waals surface area contributed by atoms with E-state index < -0.39 is 36.5 Å². The van der Waals surface area contributed by atoms with E-state index in [1.165, 1.54) is 0 Å². The molecule has 0 heterocycles. The van der Waals surface area contributed by atoms with Crippen LogP contribution in [0.4, 0.5) is 9.59 Å². The summed E-state index contributed by atoms with van der Waals surface area (Å²) in [6.07, 6.45) is -9.11. The number of carboxylic acid groups (broad SMARTS) is 4. The number of hydrogen-bond donors (Lipinski definition) is 4. The van der Waals surface area contributed by atoms with Gasteiger partial charge in [-0.25, -0.2) is 19.2 Å². The van der Waals surface area contributed by atoms with Crippen LogP contribution in [0.3, 0.4) is 0 Å². The summed E-state index contributed by atoms with van der Waals surface area (Å²) in [6, 6.07) is 0. The van der Waals surface area contributed by atoms with Gasteiger partial charge in [-0.15, -0.1) is 0 Å². The second kappa shape index (κ2) is 21.7. The maximum absolute atomic E-state index is 10.4. The molecule has 2 atom stereocenters. The van der Waals surface area contributed by atoms with E-state index in [2.05, 4.69) is 9.47 Å². The molecule has 0 rings (SSSR count). The largest absolute Gasteiger partial charge is 1.00 e. The Labute approximate surface area is 191 Å². The zero-order valence-electron chi connectivity index (χ0n) is 12.8. The second-order valence-corrected chi connectivity index (χ2v) is 2.29. The normalized spacial score (nSPS) is 9.64. The molecule has 0 spiro atoms. The first-order valence-corrected chi connectivity index (χ1v) is 3.50. The molecule has 0 aromatic rings. The smallest absolute Gasteiger partial charge is 1.00 e. The van der Waals surface area contributed by atoms with E-state index in [1.807, 2.05) is 0 Å². The van der Waals surface area contributed by atoms with Gasteiger partial charge >= 0.3 is 62.0 Å². The van der Waals surface area contributed by atoms with Crippen LogP contribution < -0.4 is 37.7 Å². The molecule has 10 nitrogen and oxygen atoms in total. The standard InChI is InChI=1S/C6H6O10.2Li.2Mn.2Ni.2H/c7-3(8)1(15-5(11)12)2(4(9)10)16-6(13)14;;;;;;;;/h1-2H,(H,7,8)(H,9,10)(H,11,12)(H,13,14);;;;;;;;/q;2*+1;;;;;2*-1. The topological polar surface area (TPSA) is 168 Å². The van der Waals surface area contributed by atoms with E-state index in [9.17, 15) is 19.2 Å². The van der Waals surface area contributed by atoms with Crippen molar-refractivity contribution in [1.29, 1.82) is 0 Å². The summed E-state index contributed by atoms with van der Waals surface area (Å²) in [7, 11) is 0.